The van der Waals surface area contributed by atoms with Gasteiger partial charge < -0.3 is 10.1 Å². The fraction of sp³-hybridized carbons (Fsp3) is 0.769. The number of ether oxygens (including phenoxy) is 1. The second-order valence-corrected chi connectivity index (χ2v) is 4.60. The second-order valence-electron chi connectivity index (χ2n) is 4.60. The van der Waals surface area contributed by atoms with Crippen molar-refractivity contribution >= 4 is 5.97 Å². The molecule has 3 nitrogen and oxygen atoms in total. The van der Waals surface area contributed by atoms with Crippen LogP contribution in [0.1, 0.15) is 39.5 Å². The summed E-state index contributed by atoms with van der Waals surface area (Å²) >= 11 is 0. The lowest BCUT2D eigenvalue weighted by Crippen LogP contribution is -2.26. The van der Waals surface area contributed by atoms with E-state index in [0.717, 1.165) is 24.5 Å². The molecule has 0 saturated heterocycles. The first kappa shape index (κ1) is 13.2. The Hall–Kier alpha value is -0.830. The van der Waals surface area contributed by atoms with Gasteiger partial charge in [0.2, 0.25) is 0 Å². The van der Waals surface area contributed by atoms with E-state index < -0.39 is 0 Å². The Morgan fingerprint density at radius 2 is 2.25 bits per heavy atom. The van der Waals surface area contributed by atoms with Crippen molar-refractivity contribution in [2.75, 3.05) is 13.7 Å². The van der Waals surface area contributed by atoms with Crippen LogP contribution in [0.4, 0.5) is 0 Å². The molecule has 1 aliphatic rings. The van der Waals surface area contributed by atoms with Gasteiger partial charge in [0.1, 0.15) is 0 Å². The van der Waals surface area contributed by atoms with Gasteiger partial charge in [-0.3, -0.25) is 0 Å². The first-order valence-corrected chi connectivity index (χ1v) is 6.18. The highest BCUT2D eigenvalue weighted by Crippen LogP contribution is 2.24. The molecule has 0 aromatic heterocycles. The average Bonchev–Trinajstić information content (AvgIpc) is 2.69. The maximum absolute atomic E-state index is 11.3. The summed E-state index contributed by atoms with van der Waals surface area (Å²) in [5.41, 5.74) is 0.765. The Kier molecular flexibility index (Phi) is 5.53. The molecule has 1 N–H and O–H groups in total. The lowest BCUT2D eigenvalue weighted by molar-refractivity contribution is -0.136. The predicted octanol–water partition coefficient (Wildman–Crippen LogP) is 2.27. The molecule has 0 bridgehead atoms. The zero-order valence-electron chi connectivity index (χ0n) is 10.6. The van der Waals surface area contributed by atoms with Gasteiger partial charge in [0, 0.05) is 18.2 Å². The lowest BCUT2D eigenvalue weighted by atomic mass is 10.1. The topological polar surface area (TPSA) is 38.3 Å². The van der Waals surface area contributed by atoms with Gasteiger partial charge in [0.25, 0.3) is 0 Å². The highest BCUT2D eigenvalue weighted by atomic mass is 16.5. The van der Waals surface area contributed by atoms with Crippen LogP contribution in [0.2, 0.25) is 0 Å². The van der Waals surface area contributed by atoms with Crippen molar-refractivity contribution in [3.8, 4) is 0 Å². The zero-order valence-corrected chi connectivity index (χ0v) is 10.6. The first-order chi connectivity index (χ1) is 7.67. The maximum atomic E-state index is 11.3. The fourth-order valence-electron chi connectivity index (χ4n) is 2.24. The fourth-order valence-corrected chi connectivity index (χ4v) is 2.24. The van der Waals surface area contributed by atoms with Crippen LogP contribution >= 0.6 is 0 Å². The number of nitrogens with one attached hydrogen (secondary N) is 1. The summed E-state index contributed by atoms with van der Waals surface area (Å²) in [6.07, 6.45) is 6.52. The standard InChI is InChI=1S/C13H23NO2/c1-4-11(13(15)16-3)7-8-14-12-6-5-10(2)9-12/h7,10,12,14H,4-6,8-9H2,1-3H3. The largest absolute Gasteiger partial charge is 0.466 e. The van der Waals surface area contributed by atoms with Crippen molar-refractivity contribution < 1.29 is 9.53 Å². The number of rotatable bonds is 5. The summed E-state index contributed by atoms with van der Waals surface area (Å²) in [6, 6.07) is 0.627. The molecule has 16 heavy (non-hydrogen) atoms. The summed E-state index contributed by atoms with van der Waals surface area (Å²) in [6.45, 7) is 5.04. The van der Waals surface area contributed by atoms with Crippen molar-refractivity contribution in [1.29, 1.82) is 0 Å². The number of carbonyl (C=O) groups is 1. The van der Waals surface area contributed by atoms with Crippen LogP contribution in [0.5, 0.6) is 0 Å². The van der Waals surface area contributed by atoms with E-state index >= 15 is 0 Å². The molecule has 0 amide bonds. The van der Waals surface area contributed by atoms with Crippen LogP contribution in [0.25, 0.3) is 0 Å². The molecular formula is C13H23NO2. The van der Waals surface area contributed by atoms with Crippen LogP contribution in [-0.2, 0) is 9.53 Å². The Balaban J connectivity index is 2.31. The third-order valence-corrected chi connectivity index (χ3v) is 3.28. The Morgan fingerprint density at radius 3 is 2.75 bits per heavy atom. The van der Waals surface area contributed by atoms with E-state index in [4.69, 9.17) is 4.74 Å². The van der Waals surface area contributed by atoms with Gasteiger partial charge in [-0.05, 0) is 31.6 Å². The van der Waals surface area contributed by atoms with Gasteiger partial charge in [-0.25, -0.2) is 4.79 Å². The van der Waals surface area contributed by atoms with Crippen molar-refractivity contribution in [1.82, 2.24) is 5.32 Å². The minimum atomic E-state index is -0.205. The van der Waals surface area contributed by atoms with Crippen LogP contribution in [0, 0.1) is 5.92 Å². The van der Waals surface area contributed by atoms with Crippen LogP contribution < -0.4 is 5.32 Å². The molecule has 92 valence electrons. The van der Waals surface area contributed by atoms with Crippen LogP contribution in [0.3, 0.4) is 0 Å². The second kappa shape index (κ2) is 6.69. The summed E-state index contributed by atoms with van der Waals surface area (Å²) in [4.78, 5) is 11.3. The molecule has 0 aliphatic heterocycles. The highest BCUT2D eigenvalue weighted by Gasteiger charge is 2.20. The molecule has 0 radical (unpaired) electrons. The van der Waals surface area contributed by atoms with Crippen molar-refractivity contribution in [2.24, 2.45) is 5.92 Å². The monoisotopic (exact) mass is 225 g/mol. The molecule has 0 heterocycles. The molecular weight excluding hydrogens is 202 g/mol. The number of hydrogen-bond acceptors (Lipinski definition) is 3. The van der Waals surface area contributed by atoms with E-state index in [1.165, 1.54) is 26.4 Å². The van der Waals surface area contributed by atoms with Crippen LogP contribution in [0.15, 0.2) is 11.6 Å². The summed E-state index contributed by atoms with van der Waals surface area (Å²) in [7, 11) is 1.43. The third-order valence-electron chi connectivity index (χ3n) is 3.28. The van der Waals surface area contributed by atoms with Crippen molar-refractivity contribution in [3.63, 3.8) is 0 Å². The van der Waals surface area contributed by atoms with Crippen molar-refractivity contribution in [2.45, 2.75) is 45.6 Å². The molecule has 0 aromatic rings. The number of esters is 1. The van der Waals surface area contributed by atoms with E-state index in [1.807, 2.05) is 13.0 Å². The summed E-state index contributed by atoms with van der Waals surface area (Å²) in [5, 5.41) is 3.47. The smallest absolute Gasteiger partial charge is 0.333 e. The van der Waals surface area contributed by atoms with E-state index in [9.17, 15) is 4.79 Å². The van der Waals surface area contributed by atoms with Crippen LogP contribution in [-0.4, -0.2) is 25.7 Å². The molecule has 1 fully saturated rings. The minimum Gasteiger partial charge on any atom is -0.466 e. The SMILES string of the molecule is CCC(=CCNC1CCC(C)C1)C(=O)OC. The van der Waals surface area contributed by atoms with Gasteiger partial charge >= 0.3 is 5.97 Å². The number of carbonyl (C=O) groups excluding carboxylic acids is 1. The molecule has 2 unspecified atom stereocenters. The quantitative estimate of drug-likeness (QED) is 0.576. The lowest BCUT2D eigenvalue weighted by Gasteiger charge is -2.10. The van der Waals surface area contributed by atoms with E-state index in [-0.39, 0.29) is 5.97 Å². The molecule has 2 atom stereocenters. The van der Waals surface area contributed by atoms with Gasteiger partial charge in [0.05, 0.1) is 7.11 Å². The Labute approximate surface area is 98.2 Å². The molecule has 1 saturated carbocycles. The molecule has 0 spiro atoms. The predicted molar refractivity (Wildman–Crippen MR) is 65.2 cm³/mol. The number of methoxy groups -OCH3 is 1. The van der Waals surface area contributed by atoms with E-state index in [0.29, 0.717) is 6.04 Å². The zero-order chi connectivity index (χ0) is 12.0. The normalized spacial score (nSPS) is 25.8. The molecule has 1 aliphatic carbocycles. The first-order valence-electron chi connectivity index (χ1n) is 6.18. The summed E-state index contributed by atoms with van der Waals surface area (Å²) in [5.74, 6) is 0.636. The van der Waals surface area contributed by atoms with E-state index in [2.05, 4.69) is 12.2 Å². The van der Waals surface area contributed by atoms with E-state index in [1.54, 1.807) is 0 Å². The highest BCUT2D eigenvalue weighted by molar-refractivity contribution is 5.88. The minimum absolute atomic E-state index is 0.205. The Morgan fingerprint density at radius 1 is 1.50 bits per heavy atom. The maximum Gasteiger partial charge on any atom is 0.333 e. The third kappa shape index (κ3) is 3.97. The van der Waals surface area contributed by atoms with Gasteiger partial charge in [-0.2, -0.15) is 0 Å². The van der Waals surface area contributed by atoms with Gasteiger partial charge in [0.15, 0.2) is 0 Å². The number of hydrogen-bond donors (Lipinski definition) is 1. The van der Waals surface area contributed by atoms with Gasteiger partial charge in [-0.1, -0.05) is 19.9 Å². The van der Waals surface area contributed by atoms with Crippen molar-refractivity contribution in [3.05, 3.63) is 11.6 Å². The molecule has 0 aromatic carbocycles. The molecule has 3 heteroatoms. The Bertz CT molecular complexity index is 261. The molecule has 1 rings (SSSR count). The average molecular weight is 225 g/mol. The summed E-state index contributed by atoms with van der Waals surface area (Å²) < 4.78 is 4.71. The van der Waals surface area contributed by atoms with Gasteiger partial charge in [-0.15, -0.1) is 0 Å².